The number of carbonyl (C=O) groups is 1. The molecule has 0 unspecified atom stereocenters. The number of hydrogen-bond acceptors (Lipinski definition) is 6. The molecule has 0 bridgehead atoms. The summed E-state index contributed by atoms with van der Waals surface area (Å²) in [7, 11) is 0. The minimum absolute atomic E-state index is 0.167. The van der Waals surface area contributed by atoms with Gasteiger partial charge in [0.1, 0.15) is 10.6 Å². The van der Waals surface area contributed by atoms with Gasteiger partial charge in [-0.1, -0.05) is 6.92 Å². The van der Waals surface area contributed by atoms with Crippen LogP contribution in [0.4, 0.5) is 5.13 Å². The van der Waals surface area contributed by atoms with Crippen LogP contribution in [0.25, 0.3) is 11.3 Å². The molecule has 1 N–H and O–H groups in total. The molecule has 0 fully saturated rings. The van der Waals surface area contributed by atoms with Crippen LogP contribution >= 0.6 is 22.7 Å². The molecular weight excluding hydrogens is 342 g/mol. The van der Waals surface area contributed by atoms with E-state index in [4.69, 9.17) is 4.74 Å². The Morgan fingerprint density at radius 2 is 2.04 bits per heavy atom. The van der Waals surface area contributed by atoms with Crippen molar-refractivity contribution in [1.29, 1.82) is 0 Å². The smallest absolute Gasteiger partial charge is 0.269 e. The summed E-state index contributed by atoms with van der Waals surface area (Å²) < 4.78 is 5.58. The lowest BCUT2D eigenvalue weighted by Crippen LogP contribution is -2.11. The number of ether oxygens (including phenoxy) is 1. The average molecular weight is 359 g/mol. The quantitative estimate of drug-likeness (QED) is 0.698. The summed E-state index contributed by atoms with van der Waals surface area (Å²) in [5.74, 6) is 0.684. The molecule has 0 aliphatic carbocycles. The second-order valence-electron chi connectivity index (χ2n) is 5.13. The van der Waals surface area contributed by atoms with Gasteiger partial charge in [0.15, 0.2) is 5.13 Å². The van der Waals surface area contributed by atoms with Crippen LogP contribution < -0.4 is 10.1 Å². The minimum atomic E-state index is -0.167. The summed E-state index contributed by atoms with van der Waals surface area (Å²) in [5.41, 5.74) is 4.22. The first kappa shape index (κ1) is 16.6. The topological polar surface area (TPSA) is 64.1 Å². The second-order valence-corrected chi connectivity index (χ2v) is 6.84. The lowest BCUT2D eigenvalue weighted by Gasteiger charge is -2.04. The molecule has 0 spiro atoms. The third kappa shape index (κ3) is 3.80. The van der Waals surface area contributed by atoms with Crippen molar-refractivity contribution in [3.63, 3.8) is 0 Å². The maximum absolute atomic E-state index is 12.2. The van der Waals surface area contributed by atoms with Crippen LogP contribution in [-0.4, -0.2) is 22.5 Å². The van der Waals surface area contributed by atoms with Crippen LogP contribution in [0.2, 0.25) is 0 Å². The lowest BCUT2D eigenvalue weighted by molar-refractivity contribution is 0.103. The van der Waals surface area contributed by atoms with E-state index in [1.54, 1.807) is 5.51 Å². The number of aromatic nitrogens is 2. The number of nitrogens with zero attached hydrogens (tertiary/aromatic N) is 2. The zero-order valence-corrected chi connectivity index (χ0v) is 15.0. The Morgan fingerprint density at radius 1 is 1.25 bits per heavy atom. The molecule has 3 rings (SSSR count). The standard InChI is InChI=1S/C17H17N3O2S2/c1-3-8-22-13-6-4-12(5-7-13)14-9-23-17(19-14)20-16(21)15-11(2)18-10-24-15/h4-7,9-10H,3,8H2,1-2H3,(H,19,20,21). The Balaban J connectivity index is 1.69. The Labute approximate surface area is 148 Å². The molecule has 1 aromatic carbocycles. The minimum Gasteiger partial charge on any atom is -0.494 e. The van der Waals surface area contributed by atoms with Crippen molar-refractivity contribution >= 4 is 33.7 Å². The average Bonchev–Trinajstić information content (AvgIpc) is 3.22. The van der Waals surface area contributed by atoms with Crippen LogP contribution in [-0.2, 0) is 0 Å². The van der Waals surface area contributed by atoms with Gasteiger partial charge in [0, 0.05) is 10.9 Å². The van der Waals surface area contributed by atoms with Gasteiger partial charge in [-0.05, 0) is 37.6 Å². The van der Waals surface area contributed by atoms with Crippen molar-refractivity contribution < 1.29 is 9.53 Å². The number of amides is 1. The molecule has 24 heavy (non-hydrogen) atoms. The van der Waals surface area contributed by atoms with E-state index in [2.05, 4.69) is 22.2 Å². The van der Waals surface area contributed by atoms with Crippen LogP contribution in [0.15, 0.2) is 35.2 Å². The Kier molecular flexibility index (Phi) is 5.22. The summed E-state index contributed by atoms with van der Waals surface area (Å²) in [6.07, 6.45) is 0.982. The highest BCUT2D eigenvalue weighted by molar-refractivity contribution is 7.14. The molecule has 3 aromatic rings. The third-order valence-corrected chi connectivity index (χ3v) is 4.98. The van der Waals surface area contributed by atoms with E-state index < -0.39 is 0 Å². The lowest BCUT2D eigenvalue weighted by atomic mass is 10.2. The van der Waals surface area contributed by atoms with Crippen LogP contribution in [0.3, 0.4) is 0 Å². The van der Waals surface area contributed by atoms with Gasteiger partial charge in [-0.3, -0.25) is 10.1 Å². The van der Waals surface area contributed by atoms with Crippen molar-refractivity contribution in [2.45, 2.75) is 20.3 Å². The van der Waals surface area contributed by atoms with Gasteiger partial charge in [-0.2, -0.15) is 0 Å². The zero-order chi connectivity index (χ0) is 16.9. The van der Waals surface area contributed by atoms with E-state index in [1.165, 1.54) is 22.7 Å². The number of carbonyl (C=O) groups excluding carboxylic acids is 1. The van der Waals surface area contributed by atoms with Crippen molar-refractivity contribution in [1.82, 2.24) is 9.97 Å². The van der Waals surface area contributed by atoms with E-state index in [0.29, 0.717) is 16.6 Å². The molecule has 0 radical (unpaired) electrons. The maximum atomic E-state index is 12.2. The van der Waals surface area contributed by atoms with Gasteiger partial charge in [0.05, 0.1) is 23.5 Å². The van der Waals surface area contributed by atoms with E-state index in [1.807, 2.05) is 36.6 Å². The first-order valence-corrected chi connectivity index (χ1v) is 9.33. The monoisotopic (exact) mass is 359 g/mol. The Hall–Kier alpha value is -2.25. The number of anilines is 1. The second kappa shape index (κ2) is 7.55. The van der Waals surface area contributed by atoms with Crippen molar-refractivity contribution in [2.24, 2.45) is 0 Å². The largest absolute Gasteiger partial charge is 0.494 e. The number of thiazole rings is 2. The molecule has 0 aliphatic heterocycles. The van der Waals surface area contributed by atoms with Crippen LogP contribution in [0.5, 0.6) is 5.75 Å². The molecule has 2 aromatic heterocycles. The highest BCUT2D eigenvalue weighted by Gasteiger charge is 2.14. The van der Waals surface area contributed by atoms with Crippen LogP contribution in [0.1, 0.15) is 28.7 Å². The molecule has 5 nitrogen and oxygen atoms in total. The van der Waals surface area contributed by atoms with Gasteiger partial charge < -0.3 is 4.74 Å². The first-order chi connectivity index (χ1) is 11.7. The highest BCUT2D eigenvalue weighted by Crippen LogP contribution is 2.27. The summed E-state index contributed by atoms with van der Waals surface area (Å²) >= 11 is 2.73. The van der Waals surface area contributed by atoms with Gasteiger partial charge in [-0.15, -0.1) is 22.7 Å². The van der Waals surface area contributed by atoms with E-state index in [9.17, 15) is 4.79 Å². The first-order valence-electron chi connectivity index (χ1n) is 7.57. The molecule has 0 saturated heterocycles. The number of hydrogen-bond donors (Lipinski definition) is 1. The van der Waals surface area contributed by atoms with E-state index in [0.717, 1.165) is 29.1 Å². The molecule has 0 atom stereocenters. The fourth-order valence-corrected chi connectivity index (χ4v) is 3.49. The van der Waals surface area contributed by atoms with Gasteiger partial charge in [0.2, 0.25) is 0 Å². The van der Waals surface area contributed by atoms with E-state index >= 15 is 0 Å². The number of rotatable bonds is 6. The van der Waals surface area contributed by atoms with Gasteiger partial charge in [0.25, 0.3) is 5.91 Å². The van der Waals surface area contributed by atoms with Crippen molar-refractivity contribution in [3.8, 4) is 17.0 Å². The van der Waals surface area contributed by atoms with Gasteiger partial charge in [-0.25, -0.2) is 9.97 Å². The fourth-order valence-electron chi connectivity index (χ4n) is 2.08. The number of nitrogens with one attached hydrogen (secondary N) is 1. The zero-order valence-electron chi connectivity index (χ0n) is 13.4. The number of aryl methyl sites for hydroxylation is 1. The number of benzene rings is 1. The predicted octanol–water partition coefficient (Wildman–Crippen LogP) is 4.62. The van der Waals surface area contributed by atoms with Crippen LogP contribution in [0, 0.1) is 6.92 Å². The molecule has 1 amide bonds. The maximum Gasteiger partial charge on any atom is 0.269 e. The SMILES string of the molecule is CCCOc1ccc(-c2csc(NC(=O)c3scnc3C)n2)cc1. The molecule has 7 heteroatoms. The Morgan fingerprint density at radius 3 is 2.71 bits per heavy atom. The summed E-state index contributed by atoms with van der Waals surface area (Å²) in [6.45, 7) is 4.61. The fraction of sp³-hybridized carbons (Fsp3) is 0.235. The summed E-state index contributed by atoms with van der Waals surface area (Å²) in [4.78, 5) is 21.4. The normalized spacial score (nSPS) is 10.6. The predicted molar refractivity (Wildman–Crippen MR) is 98.1 cm³/mol. The van der Waals surface area contributed by atoms with Gasteiger partial charge >= 0.3 is 0 Å². The molecule has 2 heterocycles. The summed E-state index contributed by atoms with van der Waals surface area (Å²) in [5, 5.41) is 5.33. The molecule has 0 aliphatic rings. The van der Waals surface area contributed by atoms with Crippen molar-refractivity contribution in [2.75, 3.05) is 11.9 Å². The van der Waals surface area contributed by atoms with E-state index in [-0.39, 0.29) is 5.91 Å². The Bertz CT molecular complexity index is 824. The molecular formula is C17H17N3O2S2. The molecule has 124 valence electrons. The van der Waals surface area contributed by atoms with Crippen molar-refractivity contribution in [3.05, 3.63) is 45.7 Å². The molecule has 0 saturated carbocycles. The third-order valence-electron chi connectivity index (χ3n) is 3.30. The summed E-state index contributed by atoms with van der Waals surface area (Å²) in [6, 6.07) is 7.81. The highest BCUT2D eigenvalue weighted by atomic mass is 32.1.